The van der Waals surface area contributed by atoms with E-state index in [0.717, 1.165) is 16.5 Å². The molecule has 0 saturated heterocycles. The molecule has 3 nitrogen and oxygen atoms in total. The lowest BCUT2D eigenvalue weighted by Crippen LogP contribution is -2.05. The fourth-order valence-corrected chi connectivity index (χ4v) is 1.31. The summed E-state index contributed by atoms with van der Waals surface area (Å²) in [6, 6.07) is 0. The first kappa shape index (κ1) is 8.49. The Morgan fingerprint density at radius 2 is 2.55 bits per heavy atom. The summed E-state index contributed by atoms with van der Waals surface area (Å²) < 4.78 is 5.34. The van der Waals surface area contributed by atoms with Gasteiger partial charge < -0.3 is 10.5 Å². The second kappa shape index (κ2) is 4.31. The minimum absolute atomic E-state index is 0.678. The van der Waals surface area contributed by atoms with Gasteiger partial charge >= 0.3 is 0 Å². The third kappa shape index (κ3) is 2.86. The zero-order chi connectivity index (χ0) is 8.10. The van der Waals surface area contributed by atoms with Crippen LogP contribution in [0.4, 0.5) is 0 Å². The molecule has 0 spiro atoms. The standard InChI is InChI=1S/C7H12N2OS/c1-6-9-5-7(11-6)10-4-2-3-8/h5H,2-4,8H2,1H3. The highest BCUT2D eigenvalue weighted by Gasteiger charge is 1.96. The lowest BCUT2D eigenvalue weighted by atomic mass is 10.5. The van der Waals surface area contributed by atoms with E-state index >= 15 is 0 Å². The number of nitrogens with zero attached hydrogens (tertiary/aromatic N) is 1. The van der Waals surface area contributed by atoms with Crippen LogP contribution >= 0.6 is 11.3 Å². The summed E-state index contributed by atoms with van der Waals surface area (Å²) in [7, 11) is 0. The van der Waals surface area contributed by atoms with Crippen LogP contribution in [0.2, 0.25) is 0 Å². The van der Waals surface area contributed by atoms with E-state index in [1.54, 1.807) is 17.5 Å². The van der Waals surface area contributed by atoms with Crippen LogP contribution in [-0.2, 0) is 0 Å². The minimum atomic E-state index is 0.678. The highest BCUT2D eigenvalue weighted by Crippen LogP contribution is 2.19. The summed E-state index contributed by atoms with van der Waals surface area (Å²) in [5, 5.41) is 1.92. The molecule has 0 fully saturated rings. The van der Waals surface area contributed by atoms with Crippen molar-refractivity contribution in [2.75, 3.05) is 13.2 Å². The quantitative estimate of drug-likeness (QED) is 0.694. The van der Waals surface area contributed by atoms with Gasteiger partial charge in [-0.15, -0.1) is 0 Å². The molecule has 11 heavy (non-hydrogen) atoms. The number of rotatable bonds is 4. The van der Waals surface area contributed by atoms with Crippen molar-refractivity contribution in [1.29, 1.82) is 0 Å². The van der Waals surface area contributed by atoms with E-state index in [1.165, 1.54) is 0 Å². The van der Waals surface area contributed by atoms with Crippen LogP contribution in [0.3, 0.4) is 0 Å². The normalized spacial score (nSPS) is 10.0. The molecule has 4 heteroatoms. The van der Waals surface area contributed by atoms with Gasteiger partial charge in [0.25, 0.3) is 0 Å². The van der Waals surface area contributed by atoms with Gasteiger partial charge in [-0.25, -0.2) is 4.98 Å². The minimum Gasteiger partial charge on any atom is -0.483 e. The van der Waals surface area contributed by atoms with Gasteiger partial charge in [0.05, 0.1) is 17.8 Å². The number of hydrogen-bond acceptors (Lipinski definition) is 4. The second-order valence-corrected chi connectivity index (χ2v) is 3.39. The number of thiazole rings is 1. The smallest absolute Gasteiger partial charge is 0.194 e. The molecule has 0 aliphatic rings. The van der Waals surface area contributed by atoms with Crippen LogP contribution in [0.25, 0.3) is 0 Å². The van der Waals surface area contributed by atoms with Gasteiger partial charge in [0.2, 0.25) is 0 Å². The molecule has 1 rings (SSSR count). The zero-order valence-corrected chi connectivity index (χ0v) is 7.36. The average Bonchev–Trinajstić information content (AvgIpc) is 2.37. The fraction of sp³-hybridized carbons (Fsp3) is 0.571. The molecule has 0 saturated carbocycles. The van der Waals surface area contributed by atoms with Crippen LogP contribution in [0.1, 0.15) is 11.4 Å². The summed E-state index contributed by atoms with van der Waals surface area (Å²) in [6.07, 6.45) is 2.65. The molecule has 0 amide bonds. The summed E-state index contributed by atoms with van der Waals surface area (Å²) >= 11 is 1.56. The first-order valence-electron chi connectivity index (χ1n) is 3.58. The van der Waals surface area contributed by atoms with E-state index in [2.05, 4.69) is 4.98 Å². The van der Waals surface area contributed by atoms with E-state index in [0.29, 0.717) is 13.2 Å². The van der Waals surface area contributed by atoms with E-state index < -0.39 is 0 Å². The van der Waals surface area contributed by atoms with Crippen molar-refractivity contribution >= 4 is 11.3 Å². The maximum atomic E-state index is 5.34. The predicted molar refractivity (Wildman–Crippen MR) is 46.0 cm³/mol. The van der Waals surface area contributed by atoms with Crippen molar-refractivity contribution in [1.82, 2.24) is 4.98 Å². The third-order valence-corrected chi connectivity index (χ3v) is 2.02. The molecule has 0 unspecified atom stereocenters. The summed E-state index contributed by atoms with van der Waals surface area (Å²) in [5.41, 5.74) is 5.31. The number of aromatic nitrogens is 1. The van der Waals surface area contributed by atoms with Crippen molar-refractivity contribution in [3.8, 4) is 5.06 Å². The first-order valence-corrected chi connectivity index (χ1v) is 4.40. The largest absolute Gasteiger partial charge is 0.483 e. The molecule has 2 N–H and O–H groups in total. The molecular formula is C7H12N2OS. The molecule has 62 valence electrons. The number of hydrogen-bond donors (Lipinski definition) is 1. The Bertz CT molecular complexity index is 212. The van der Waals surface area contributed by atoms with Gasteiger partial charge in [-0.05, 0) is 19.9 Å². The molecular weight excluding hydrogens is 160 g/mol. The molecule has 0 radical (unpaired) electrons. The van der Waals surface area contributed by atoms with Crippen molar-refractivity contribution in [2.24, 2.45) is 5.73 Å². The summed E-state index contributed by atoms with van der Waals surface area (Å²) in [6.45, 7) is 3.33. The Hall–Kier alpha value is -0.610. The molecule has 1 heterocycles. The molecule has 0 aromatic carbocycles. The van der Waals surface area contributed by atoms with Crippen LogP contribution in [0, 0.1) is 6.92 Å². The van der Waals surface area contributed by atoms with E-state index in [1.807, 2.05) is 6.92 Å². The Kier molecular flexibility index (Phi) is 3.32. The van der Waals surface area contributed by atoms with Crippen molar-refractivity contribution in [3.63, 3.8) is 0 Å². The fourth-order valence-electron chi connectivity index (χ4n) is 0.665. The second-order valence-electron chi connectivity index (χ2n) is 2.19. The Labute approximate surface area is 70.2 Å². The van der Waals surface area contributed by atoms with Gasteiger partial charge in [0, 0.05) is 0 Å². The first-order chi connectivity index (χ1) is 5.33. The molecule has 0 bridgehead atoms. The van der Waals surface area contributed by atoms with Gasteiger partial charge in [0.15, 0.2) is 5.06 Å². The summed E-state index contributed by atoms with van der Waals surface area (Å²) in [5.74, 6) is 0. The van der Waals surface area contributed by atoms with Crippen LogP contribution < -0.4 is 10.5 Å². The molecule has 0 aliphatic carbocycles. The number of aryl methyl sites for hydroxylation is 1. The maximum absolute atomic E-state index is 5.34. The SMILES string of the molecule is Cc1ncc(OCCCN)s1. The Balaban J connectivity index is 2.27. The highest BCUT2D eigenvalue weighted by atomic mass is 32.1. The number of nitrogens with two attached hydrogens (primary N) is 1. The summed E-state index contributed by atoms with van der Waals surface area (Å²) in [4.78, 5) is 4.06. The Morgan fingerprint density at radius 1 is 1.73 bits per heavy atom. The maximum Gasteiger partial charge on any atom is 0.194 e. The van der Waals surface area contributed by atoms with Crippen molar-refractivity contribution in [3.05, 3.63) is 11.2 Å². The molecule has 0 atom stereocenters. The highest BCUT2D eigenvalue weighted by molar-refractivity contribution is 7.13. The lowest BCUT2D eigenvalue weighted by molar-refractivity contribution is 0.322. The molecule has 1 aromatic heterocycles. The van der Waals surface area contributed by atoms with Crippen LogP contribution in [0.15, 0.2) is 6.20 Å². The molecule has 1 aromatic rings. The van der Waals surface area contributed by atoms with Gasteiger partial charge in [0.1, 0.15) is 0 Å². The topological polar surface area (TPSA) is 48.1 Å². The third-order valence-electron chi connectivity index (χ3n) is 1.19. The molecule has 0 aliphatic heterocycles. The van der Waals surface area contributed by atoms with E-state index in [-0.39, 0.29) is 0 Å². The predicted octanol–water partition coefficient (Wildman–Crippen LogP) is 1.18. The van der Waals surface area contributed by atoms with Crippen LogP contribution in [0.5, 0.6) is 5.06 Å². The van der Waals surface area contributed by atoms with E-state index in [9.17, 15) is 0 Å². The van der Waals surface area contributed by atoms with Gasteiger partial charge in [-0.3, -0.25) is 0 Å². The van der Waals surface area contributed by atoms with Crippen molar-refractivity contribution < 1.29 is 4.74 Å². The van der Waals surface area contributed by atoms with Crippen LogP contribution in [-0.4, -0.2) is 18.1 Å². The number of ether oxygens (including phenoxy) is 1. The van der Waals surface area contributed by atoms with Gasteiger partial charge in [-0.2, -0.15) is 0 Å². The van der Waals surface area contributed by atoms with Gasteiger partial charge in [-0.1, -0.05) is 11.3 Å². The lowest BCUT2D eigenvalue weighted by Gasteiger charge is -1.98. The van der Waals surface area contributed by atoms with E-state index in [4.69, 9.17) is 10.5 Å². The zero-order valence-electron chi connectivity index (χ0n) is 6.54. The van der Waals surface area contributed by atoms with Crippen molar-refractivity contribution in [2.45, 2.75) is 13.3 Å². The average molecular weight is 172 g/mol. The Morgan fingerprint density at radius 3 is 3.09 bits per heavy atom. The monoisotopic (exact) mass is 172 g/mol.